The molecule has 1 aromatic heterocycles. The van der Waals surface area contributed by atoms with Gasteiger partial charge in [0.05, 0.1) is 11.4 Å². The molecule has 4 amide bonds. The second-order valence-corrected chi connectivity index (χ2v) is 17.5. The number of nitrogen functional groups attached to an aromatic ring is 1. The van der Waals surface area contributed by atoms with Gasteiger partial charge in [-0.25, -0.2) is 9.37 Å². The Labute approximate surface area is 362 Å². The molecule has 15 heteroatoms. The topological polar surface area (TPSA) is 164 Å². The predicted octanol–water partition coefficient (Wildman–Crippen LogP) is 5.25. The van der Waals surface area contributed by atoms with E-state index in [9.17, 15) is 19.5 Å². The van der Waals surface area contributed by atoms with Gasteiger partial charge in [-0.3, -0.25) is 14.9 Å². The minimum Gasteiger partial charge on any atom is -0.507 e. The van der Waals surface area contributed by atoms with Crippen LogP contribution in [-0.2, 0) is 9.59 Å². The first-order chi connectivity index (χ1) is 30.1. The maximum Gasteiger partial charge on any atom is 0.319 e. The zero-order valence-electron chi connectivity index (χ0n) is 35.6. The zero-order chi connectivity index (χ0) is 42.9. The highest BCUT2D eigenvalue weighted by Gasteiger charge is 2.41. The number of piperidine rings is 3. The second-order valence-electron chi connectivity index (χ2n) is 17.5. The van der Waals surface area contributed by atoms with Gasteiger partial charge in [0.25, 0.3) is 0 Å². The quantitative estimate of drug-likeness (QED) is 0.115. The van der Waals surface area contributed by atoms with Crippen molar-refractivity contribution in [1.82, 2.24) is 25.3 Å². The summed E-state index contributed by atoms with van der Waals surface area (Å²) in [5.74, 6) is 0.627. The molecular weight excluding hydrogens is 785 g/mol. The number of imide groups is 1. The molecule has 0 spiro atoms. The van der Waals surface area contributed by atoms with Gasteiger partial charge in [0.15, 0.2) is 12.0 Å². The number of ether oxygens (including phenoxy) is 1. The van der Waals surface area contributed by atoms with Crippen LogP contribution in [-0.4, -0.2) is 131 Å². The van der Waals surface area contributed by atoms with Gasteiger partial charge in [-0.05, 0) is 68.5 Å². The van der Waals surface area contributed by atoms with E-state index in [2.05, 4.69) is 60.5 Å². The third kappa shape index (κ3) is 8.57. The molecule has 5 aliphatic rings. The molecule has 15 nitrogen and oxygen atoms in total. The molecule has 2 bridgehead atoms. The Morgan fingerprint density at radius 3 is 2.32 bits per heavy atom. The van der Waals surface area contributed by atoms with Crippen molar-refractivity contribution < 1.29 is 28.8 Å². The van der Waals surface area contributed by atoms with Crippen molar-refractivity contribution in [3.63, 3.8) is 0 Å². The summed E-state index contributed by atoms with van der Waals surface area (Å²) < 4.78 is 8.57. The van der Waals surface area contributed by atoms with E-state index in [-0.39, 0.29) is 41.7 Å². The lowest BCUT2D eigenvalue weighted by Gasteiger charge is -2.43. The normalized spacial score (nSPS) is 22.5. The fraction of sp³-hybridized carbons (Fsp3) is 0.447. The van der Waals surface area contributed by atoms with Crippen molar-refractivity contribution in [1.29, 1.82) is 0 Å². The van der Waals surface area contributed by atoms with E-state index < -0.39 is 0 Å². The number of anilines is 4. The number of rotatable bonds is 9. The van der Waals surface area contributed by atoms with Crippen LogP contribution in [0, 0.1) is 5.92 Å². The van der Waals surface area contributed by atoms with Crippen LogP contribution in [0.4, 0.5) is 33.4 Å². The molecule has 3 atom stereocenters. The van der Waals surface area contributed by atoms with Crippen molar-refractivity contribution >= 4 is 52.6 Å². The van der Waals surface area contributed by atoms with Gasteiger partial charge >= 0.3 is 6.03 Å². The van der Waals surface area contributed by atoms with Gasteiger partial charge in [-0.2, -0.15) is 0 Å². The molecule has 0 saturated carbocycles. The number of likely N-dealkylation sites (tertiary alicyclic amines) is 1. The first-order valence-corrected chi connectivity index (χ1v) is 22.1. The lowest BCUT2D eigenvalue weighted by Crippen LogP contribution is -2.54. The average Bonchev–Trinajstić information content (AvgIpc) is 3.56. The summed E-state index contributed by atoms with van der Waals surface area (Å²) in [6, 6.07) is 26.7. The third-order valence-corrected chi connectivity index (χ3v) is 13.5. The summed E-state index contributed by atoms with van der Waals surface area (Å²) >= 11 is 0. The maximum absolute atomic E-state index is 13.8. The van der Waals surface area contributed by atoms with Crippen LogP contribution in [0.5, 0.6) is 11.5 Å². The van der Waals surface area contributed by atoms with E-state index >= 15 is 0 Å². The highest BCUT2D eigenvalue weighted by molar-refractivity contribution is 6.04. The molecule has 5 fully saturated rings. The summed E-state index contributed by atoms with van der Waals surface area (Å²) in [5.41, 5.74) is 11.7. The molecule has 6 heterocycles. The minimum atomic E-state index is -0.331. The number of piperazine rings is 1. The molecule has 5 aliphatic heterocycles. The molecule has 9 rings (SSSR count). The number of urea groups is 1. The van der Waals surface area contributed by atoms with Crippen molar-refractivity contribution in [3.05, 3.63) is 78.9 Å². The number of para-hydroxylation sites is 1. The number of phenolic OH excluding ortho intramolecular Hbond substituents is 1. The number of hydrogen-bond acceptors (Lipinski definition) is 11. The number of benzene rings is 3. The Morgan fingerprint density at radius 2 is 1.58 bits per heavy atom. The lowest BCUT2D eigenvalue weighted by molar-refractivity contribution is -0.401. The lowest BCUT2D eigenvalue weighted by atomic mass is 9.99. The smallest absolute Gasteiger partial charge is 0.319 e. The molecule has 1 unspecified atom stereocenters. The van der Waals surface area contributed by atoms with Crippen LogP contribution in [0.25, 0.3) is 11.3 Å². The molecule has 5 saturated heterocycles. The van der Waals surface area contributed by atoms with E-state index in [1.807, 2.05) is 71.1 Å². The summed E-state index contributed by atoms with van der Waals surface area (Å²) in [4.78, 5) is 48.8. The number of aromatic hydroxyl groups is 1. The van der Waals surface area contributed by atoms with Crippen LogP contribution in [0.15, 0.2) is 78.9 Å². The first-order valence-electron chi connectivity index (χ1n) is 22.1. The number of nitrogens with one attached hydrogen (secondary N) is 1. The molecule has 3 aromatic carbocycles. The monoisotopic (exact) mass is 841 g/mol. The van der Waals surface area contributed by atoms with Gasteiger partial charge in [0.1, 0.15) is 30.6 Å². The molecule has 4 aromatic rings. The number of amides is 4. The Kier molecular flexibility index (Phi) is 11.6. The maximum atomic E-state index is 13.8. The van der Waals surface area contributed by atoms with Gasteiger partial charge in [-0.1, -0.05) is 24.3 Å². The summed E-state index contributed by atoms with van der Waals surface area (Å²) in [5, 5.41) is 21.4. The van der Waals surface area contributed by atoms with Gasteiger partial charge in [0.2, 0.25) is 17.5 Å². The van der Waals surface area contributed by atoms with E-state index in [1.54, 1.807) is 12.1 Å². The molecule has 0 aliphatic carbocycles. The fourth-order valence-electron chi connectivity index (χ4n) is 10.1. The Morgan fingerprint density at radius 1 is 0.855 bits per heavy atom. The molecule has 0 radical (unpaired) electrons. The predicted molar refractivity (Wildman–Crippen MR) is 239 cm³/mol. The number of carbonyl (C=O) groups is 3. The van der Waals surface area contributed by atoms with E-state index in [0.29, 0.717) is 55.1 Å². The number of aromatic nitrogens is 2. The van der Waals surface area contributed by atoms with E-state index in [0.717, 1.165) is 93.2 Å². The minimum absolute atomic E-state index is 0.0354. The van der Waals surface area contributed by atoms with Crippen LogP contribution in [0.1, 0.15) is 51.4 Å². The molecule has 324 valence electrons. The Hall–Kier alpha value is -6.38. The Bertz CT molecular complexity index is 2330. The summed E-state index contributed by atoms with van der Waals surface area (Å²) in [6.07, 6.45) is 8.29. The number of carbonyl (C=O) groups excluding carboxylic acids is 3. The van der Waals surface area contributed by atoms with E-state index in [1.165, 1.54) is 0 Å². The van der Waals surface area contributed by atoms with Crippen molar-refractivity contribution in [2.75, 3.05) is 73.8 Å². The first kappa shape index (κ1) is 41.0. The van der Waals surface area contributed by atoms with Gasteiger partial charge in [0, 0.05) is 119 Å². The van der Waals surface area contributed by atoms with Crippen molar-refractivity contribution in [3.8, 4) is 22.8 Å². The van der Waals surface area contributed by atoms with Crippen LogP contribution in [0.2, 0.25) is 0 Å². The average molecular weight is 842 g/mol. The third-order valence-electron chi connectivity index (χ3n) is 13.5. The SMILES string of the molecule is CN(C(=O)N1CCC(Oc2cccc(N3[C@@H]4CC[C@H]3CN(c3cc(-c5ccccc5O)nnc3N)C4)c2)CC1)C1CCN(c2cccc(/[N+](C)=C/C3CCC(=O)NC3=O)c2)CC1. The second kappa shape index (κ2) is 17.5. The highest BCUT2D eigenvalue weighted by Crippen LogP contribution is 2.40. The van der Waals surface area contributed by atoms with Gasteiger partial charge < -0.3 is 40.1 Å². The largest absolute Gasteiger partial charge is 0.507 e. The molecule has 62 heavy (non-hydrogen) atoms. The fourth-order valence-corrected chi connectivity index (χ4v) is 10.1. The number of hydrogen-bond donors (Lipinski definition) is 3. The van der Waals surface area contributed by atoms with Crippen LogP contribution >= 0.6 is 0 Å². The van der Waals surface area contributed by atoms with Crippen molar-refractivity contribution in [2.24, 2.45) is 5.92 Å². The standard InChI is InChI=1S/C47H56N10O5/c1-52(28-31-13-16-44(59)49-46(31)60)33-7-5-8-34(25-33)54-21-17-32(18-22-54)53(2)47(61)55-23-19-38(20-24-55)62-39-10-6-9-35(26-39)57-36-14-15-37(57)30-56(29-36)42-27-41(50-51-45(42)48)40-11-3-4-12-43(40)58/h3-12,25-28,31-32,36-38H,13-24,29-30H2,1-2H3,(H3-,48,49,50,51,58,59,60)/p+1/b52-28+/t31?,36-,37+. The zero-order valence-corrected chi connectivity index (χ0v) is 35.6. The van der Waals surface area contributed by atoms with Crippen LogP contribution in [0.3, 0.4) is 0 Å². The van der Waals surface area contributed by atoms with E-state index in [4.69, 9.17) is 10.5 Å². The summed E-state index contributed by atoms with van der Waals surface area (Å²) in [6.45, 7) is 4.62. The summed E-state index contributed by atoms with van der Waals surface area (Å²) in [7, 11) is 3.88. The number of nitrogens with zero attached hydrogens (tertiary/aromatic N) is 8. The molecule has 4 N–H and O–H groups in total. The van der Waals surface area contributed by atoms with Crippen LogP contribution < -0.4 is 30.5 Å². The number of phenols is 1. The molecular formula is C47H57N10O5+. The highest BCUT2D eigenvalue weighted by atomic mass is 16.5. The van der Waals surface area contributed by atoms with Gasteiger partial charge in [-0.15, -0.1) is 10.2 Å². The van der Waals surface area contributed by atoms with Crippen molar-refractivity contribution in [2.45, 2.75) is 75.6 Å². The Balaban J connectivity index is 0.752. The number of fused-ring (bicyclic) bond motifs is 2. The number of nitrogens with two attached hydrogens (primary N) is 1.